The predicted molar refractivity (Wildman–Crippen MR) is 130 cm³/mol. The van der Waals surface area contributed by atoms with Crippen LogP contribution in [-0.2, 0) is 34.2 Å². The SMILES string of the molecule is CN(CC(=O)N1CCN(S(=O)(=O)c2ccc3c(c2)CCC3)CC1)Cc1nc2ccccc2s1. The molecule has 1 aliphatic heterocycles. The van der Waals surface area contributed by atoms with E-state index in [9.17, 15) is 13.2 Å². The lowest BCUT2D eigenvalue weighted by Gasteiger charge is -2.34. The number of aromatic nitrogens is 1. The molecule has 1 fully saturated rings. The zero-order chi connectivity index (χ0) is 23.0. The van der Waals surface area contributed by atoms with E-state index in [0.717, 1.165) is 40.1 Å². The van der Waals surface area contributed by atoms with Crippen molar-refractivity contribution in [2.75, 3.05) is 39.8 Å². The van der Waals surface area contributed by atoms with Crippen LogP contribution in [0.1, 0.15) is 22.6 Å². The summed E-state index contributed by atoms with van der Waals surface area (Å²) in [6.07, 6.45) is 3.07. The van der Waals surface area contributed by atoms with Crippen LogP contribution in [0.3, 0.4) is 0 Å². The maximum absolute atomic E-state index is 13.1. The van der Waals surface area contributed by atoms with Crippen molar-refractivity contribution >= 4 is 37.5 Å². The smallest absolute Gasteiger partial charge is 0.243 e. The first-order chi connectivity index (χ1) is 15.9. The quantitative estimate of drug-likeness (QED) is 0.538. The van der Waals surface area contributed by atoms with Crippen molar-refractivity contribution in [1.29, 1.82) is 0 Å². The zero-order valence-electron chi connectivity index (χ0n) is 18.7. The van der Waals surface area contributed by atoms with Crippen LogP contribution < -0.4 is 0 Å². The van der Waals surface area contributed by atoms with Gasteiger partial charge < -0.3 is 4.90 Å². The number of fused-ring (bicyclic) bond motifs is 2. The van der Waals surface area contributed by atoms with E-state index in [1.807, 2.05) is 42.3 Å². The van der Waals surface area contributed by atoms with E-state index in [2.05, 4.69) is 11.1 Å². The summed E-state index contributed by atoms with van der Waals surface area (Å²) < 4.78 is 28.9. The number of benzene rings is 2. The second-order valence-electron chi connectivity index (χ2n) is 8.82. The molecule has 1 amide bonds. The summed E-state index contributed by atoms with van der Waals surface area (Å²) in [7, 11) is -1.62. The van der Waals surface area contributed by atoms with E-state index >= 15 is 0 Å². The van der Waals surface area contributed by atoms with Crippen LogP contribution in [0.15, 0.2) is 47.4 Å². The summed E-state index contributed by atoms with van der Waals surface area (Å²) in [6, 6.07) is 13.6. The third kappa shape index (κ3) is 4.68. The van der Waals surface area contributed by atoms with Crippen LogP contribution in [0.5, 0.6) is 0 Å². The minimum Gasteiger partial charge on any atom is -0.339 e. The second-order valence-corrected chi connectivity index (χ2v) is 11.9. The maximum Gasteiger partial charge on any atom is 0.243 e. The van der Waals surface area contributed by atoms with Crippen LogP contribution in [0.2, 0.25) is 0 Å². The molecule has 2 heterocycles. The van der Waals surface area contributed by atoms with E-state index in [0.29, 0.717) is 37.6 Å². The summed E-state index contributed by atoms with van der Waals surface area (Å²) in [5.74, 6) is 0.0215. The number of rotatable bonds is 6. The molecule has 33 heavy (non-hydrogen) atoms. The van der Waals surface area contributed by atoms with Gasteiger partial charge in [0.15, 0.2) is 0 Å². The highest BCUT2D eigenvalue weighted by atomic mass is 32.2. The van der Waals surface area contributed by atoms with Crippen LogP contribution in [0.4, 0.5) is 0 Å². The Balaban J connectivity index is 1.16. The number of carbonyl (C=O) groups is 1. The summed E-state index contributed by atoms with van der Waals surface area (Å²) >= 11 is 1.65. The maximum atomic E-state index is 13.1. The highest BCUT2D eigenvalue weighted by Gasteiger charge is 2.31. The molecule has 0 saturated carbocycles. The Hall–Kier alpha value is -2.33. The Morgan fingerprint density at radius 1 is 1.06 bits per heavy atom. The van der Waals surface area contributed by atoms with E-state index in [-0.39, 0.29) is 12.5 Å². The molecule has 0 unspecified atom stereocenters. The Bertz CT molecular complexity index is 1250. The number of likely N-dealkylation sites (N-methyl/N-ethyl adjacent to an activating group) is 1. The molecule has 1 aliphatic carbocycles. The van der Waals surface area contributed by atoms with Crippen LogP contribution in [-0.4, -0.2) is 73.2 Å². The average Bonchev–Trinajstić information content (AvgIpc) is 3.44. The van der Waals surface area contributed by atoms with Crippen molar-refractivity contribution in [3.63, 3.8) is 0 Å². The first-order valence-electron chi connectivity index (χ1n) is 11.3. The average molecular weight is 485 g/mol. The van der Waals surface area contributed by atoms with Gasteiger partial charge >= 0.3 is 0 Å². The fourth-order valence-corrected chi connectivity index (χ4v) is 7.16. The number of thiazole rings is 1. The van der Waals surface area contributed by atoms with Crippen LogP contribution in [0, 0.1) is 0 Å². The number of para-hydroxylation sites is 1. The van der Waals surface area contributed by atoms with Crippen LogP contribution >= 0.6 is 11.3 Å². The molecule has 174 valence electrons. The van der Waals surface area contributed by atoms with Gasteiger partial charge in [0.05, 0.1) is 28.2 Å². The normalized spacial score (nSPS) is 17.1. The van der Waals surface area contributed by atoms with Gasteiger partial charge in [-0.2, -0.15) is 4.31 Å². The fourth-order valence-electron chi connectivity index (χ4n) is 4.64. The van der Waals surface area contributed by atoms with Gasteiger partial charge in [-0.3, -0.25) is 9.69 Å². The number of amides is 1. The Morgan fingerprint density at radius 3 is 2.61 bits per heavy atom. The zero-order valence-corrected chi connectivity index (χ0v) is 20.4. The molecule has 9 heteroatoms. The second kappa shape index (κ2) is 9.13. The van der Waals surface area contributed by atoms with E-state index in [1.54, 1.807) is 22.3 Å². The van der Waals surface area contributed by atoms with Crippen molar-refractivity contribution < 1.29 is 13.2 Å². The Labute approximate surface area is 198 Å². The van der Waals surface area contributed by atoms with E-state index in [1.165, 1.54) is 9.87 Å². The summed E-state index contributed by atoms with van der Waals surface area (Å²) in [5.41, 5.74) is 3.40. The first-order valence-corrected chi connectivity index (χ1v) is 13.6. The highest BCUT2D eigenvalue weighted by Crippen LogP contribution is 2.27. The van der Waals surface area contributed by atoms with Gasteiger partial charge in [0.1, 0.15) is 5.01 Å². The number of hydrogen-bond donors (Lipinski definition) is 0. The summed E-state index contributed by atoms with van der Waals surface area (Å²) in [5, 5.41) is 0.983. The van der Waals surface area contributed by atoms with Gasteiger partial charge in [-0.25, -0.2) is 13.4 Å². The summed E-state index contributed by atoms with van der Waals surface area (Å²) in [6.45, 7) is 2.38. The first kappa shape index (κ1) is 22.5. The van der Waals surface area contributed by atoms with Gasteiger partial charge in [-0.05, 0) is 61.7 Å². The molecule has 1 aromatic heterocycles. The van der Waals surface area contributed by atoms with E-state index in [4.69, 9.17) is 0 Å². The van der Waals surface area contributed by atoms with Gasteiger partial charge in [0.25, 0.3) is 0 Å². The van der Waals surface area contributed by atoms with Crippen molar-refractivity contribution in [1.82, 2.24) is 19.1 Å². The molecule has 1 saturated heterocycles. The van der Waals surface area contributed by atoms with Crippen molar-refractivity contribution in [3.8, 4) is 0 Å². The minimum atomic E-state index is -3.53. The molecule has 5 rings (SSSR count). The number of hydrogen-bond acceptors (Lipinski definition) is 6. The van der Waals surface area contributed by atoms with Gasteiger partial charge in [-0.1, -0.05) is 18.2 Å². The standard InChI is InChI=1S/C24H28N4O3S2/c1-26(16-23-25-21-7-2-3-8-22(21)32-23)17-24(29)27-11-13-28(14-12-27)33(30,31)20-10-9-18-5-4-6-19(18)15-20/h2-3,7-10,15H,4-6,11-14,16-17H2,1H3. The van der Waals surface area contributed by atoms with Crippen molar-refractivity contribution in [3.05, 3.63) is 58.6 Å². The molecule has 7 nitrogen and oxygen atoms in total. The summed E-state index contributed by atoms with van der Waals surface area (Å²) in [4.78, 5) is 21.6. The number of piperazine rings is 1. The molecular weight excluding hydrogens is 456 g/mol. The number of nitrogens with zero attached hydrogens (tertiary/aromatic N) is 4. The molecule has 0 atom stereocenters. The molecule has 2 aromatic carbocycles. The molecule has 0 N–H and O–H groups in total. The topological polar surface area (TPSA) is 73.8 Å². The third-order valence-electron chi connectivity index (χ3n) is 6.45. The van der Waals surface area contributed by atoms with Crippen molar-refractivity contribution in [2.24, 2.45) is 0 Å². The Kier molecular flexibility index (Phi) is 6.22. The highest BCUT2D eigenvalue weighted by molar-refractivity contribution is 7.89. The third-order valence-corrected chi connectivity index (χ3v) is 9.36. The number of carbonyl (C=O) groups excluding carboxylic acids is 1. The monoisotopic (exact) mass is 484 g/mol. The Morgan fingerprint density at radius 2 is 1.82 bits per heavy atom. The van der Waals surface area contributed by atoms with Gasteiger partial charge in [0.2, 0.25) is 15.9 Å². The lowest BCUT2D eigenvalue weighted by molar-refractivity contribution is -0.133. The molecule has 0 spiro atoms. The predicted octanol–water partition coefficient (Wildman–Crippen LogP) is 2.75. The number of sulfonamides is 1. The van der Waals surface area contributed by atoms with Gasteiger partial charge in [0, 0.05) is 26.2 Å². The molecule has 0 bridgehead atoms. The molecular formula is C24H28N4O3S2. The minimum absolute atomic E-state index is 0.0215. The number of aryl methyl sites for hydroxylation is 2. The molecule has 2 aliphatic rings. The molecule has 0 radical (unpaired) electrons. The fraction of sp³-hybridized carbons (Fsp3) is 0.417. The van der Waals surface area contributed by atoms with Gasteiger partial charge in [-0.15, -0.1) is 11.3 Å². The molecule has 3 aromatic rings. The van der Waals surface area contributed by atoms with E-state index < -0.39 is 10.0 Å². The lowest BCUT2D eigenvalue weighted by Crippen LogP contribution is -2.52. The lowest BCUT2D eigenvalue weighted by atomic mass is 10.1. The van der Waals surface area contributed by atoms with Crippen molar-refractivity contribution in [2.45, 2.75) is 30.7 Å². The largest absolute Gasteiger partial charge is 0.339 e. The van der Waals surface area contributed by atoms with Crippen LogP contribution in [0.25, 0.3) is 10.2 Å².